The fourth-order valence-corrected chi connectivity index (χ4v) is 2.98. The largest absolute Gasteiger partial charge is 0.464 e. The van der Waals surface area contributed by atoms with Crippen molar-refractivity contribution in [2.75, 3.05) is 20.2 Å². The Labute approximate surface area is 118 Å². The van der Waals surface area contributed by atoms with Crippen LogP contribution in [0.2, 0.25) is 0 Å². The van der Waals surface area contributed by atoms with E-state index in [0.717, 1.165) is 36.1 Å². The number of likely N-dealkylation sites (tertiary alicyclic amines) is 1. The average Bonchev–Trinajstić information content (AvgIpc) is 2.86. The number of nitrogens with one attached hydrogen (secondary N) is 1. The Hall–Kier alpha value is -1.81. The number of fused-ring (bicyclic) bond motifs is 1. The van der Waals surface area contributed by atoms with Gasteiger partial charge in [-0.1, -0.05) is 24.6 Å². The van der Waals surface area contributed by atoms with Gasteiger partial charge in [-0.25, -0.2) is 4.79 Å². The Morgan fingerprint density at radius 1 is 1.25 bits per heavy atom. The molecule has 0 saturated carbocycles. The smallest absolute Gasteiger partial charge is 0.354 e. The molecule has 1 fully saturated rings. The number of carbonyl (C=O) groups excluding carboxylic acids is 1. The number of aromatic amines is 1. The minimum atomic E-state index is -0.284. The van der Waals surface area contributed by atoms with Gasteiger partial charge in [-0.2, -0.15) is 0 Å². The lowest BCUT2D eigenvalue weighted by molar-refractivity contribution is 0.0592. The van der Waals surface area contributed by atoms with E-state index >= 15 is 0 Å². The molecule has 20 heavy (non-hydrogen) atoms. The molecule has 1 aliphatic rings. The predicted octanol–water partition coefficient (Wildman–Crippen LogP) is 2.94. The lowest BCUT2D eigenvalue weighted by Gasteiger charge is -2.26. The lowest BCUT2D eigenvalue weighted by Crippen LogP contribution is -2.29. The molecule has 1 aromatic carbocycles. The lowest BCUT2D eigenvalue weighted by atomic mass is 10.1. The van der Waals surface area contributed by atoms with E-state index in [4.69, 9.17) is 4.74 Å². The zero-order chi connectivity index (χ0) is 13.9. The average molecular weight is 272 g/mol. The van der Waals surface area contributed by atoms with Crippen LogP contribution in [0.1, 0.15) is 35.3 Å². The molecule has 2 heterocycles. The quantitative estimate of drug-likeness (QED) is 0.874. The summed E-state index contributed by atoms with van der Waals surface area (Å²) < 4.78 is 4.91. The molecule has 0 unspecified atom stereocenters. The minimum Gasteiger partial charge on any atom is -0.464 e. The van der Waals surface area contributed by atoms with Crippen molar-refractivity contribution in [3.8, 4) is 0 Å². The van der Waals surface area contributed by atoms with Gasteiger partial charge in [0.25, 0.3) is 0 Å². The third kappa shape index (κ3) is 2.43. The van der Waals surface area contributed by atoms with Crippen molar-refractivity contribution in [3.63, 3.8) is 0 Å². The van der Waals surface area contributed by atoms with Crippen molar-refractivity contribution in [3.05, 3.63) is 35.5 Å². The Morgan fingerprint density at radius 3 is 2.75 bits per heavy atom. The summed E-state index contributed by atoms with van der Waals surface area (Å²) in [5, 5.41) is 1.12. The van der Waals surface area contributed by atoms with Crippen LogP contribution in [0.4, 0.5) is 0 Å². The molecule has 0 aliphatic carbocycles. The molecule has 0 amide bonds. The fraction of sp³-hybridized carbons (Fsp3) is 0.438. The number of hydrogen-bond donors (Lipinski definition) is 1. The van der Waals surface area contributed by atoms with Gasteiger partial charge in [-0.05, 0) is 32.0 Å². The summed E-state index contributed by atoms with van der Waals surface area (Å²) in [4.78, 5) is 17.6. The molecule has 2 aromatic rings. The molecule has 1 saturated heterocycles. The molecule has 0 atom stereocenters. The first kappa shape index (κ1) is 13.2. The summed E-state index contributed by atoms with van der Waals surface area (Å²) >= 11 is 0. The summed E-state index contributed by atoms with van der Waals surface area (Å²) in [5.74, 6) is -0.284. The Morgan fingerprint density at radius 2 is 2.00 bits per heavy atom. The summed E-state index contributed by atoms with van der Waals surface area (Å²) in [7, 11) is 1.43. The molecule has 1 aromatic heterocycles. The third-order valence-electron chi connectivity index (χ3n) is 4.03. The maximum absolute atomic E-state index is 12.0. The first-order chi connectivity index (χ1) is 9.79. The Bertz CT molecular complexity index is 612. The highest BCUT2D eigenvalue weighted by molar-refractivity contribution is 5.98. The van der Waals surface area contributed by atoms with Crippen LogP contribution in [0.25, 0.3) is 10.9 Å². The molecule has 3 rings (SSSR count). The fourth-order valence-electron chi connectivity index (χ4n) is 2.98. The highest BCUT2D eigenvalue weighted by atomic mass is 16.5. The number of carbonyl (C=O) groups is 1. The molecular formula is C16H20N2O2. The van der Waals surface area contributed by atoms with Crippen molar-refractivity contribution >= 4 is 16.9 Å². The Kier molecular flexibility index (Phi) is 3.74. The molecule has 0 radical (unpaired) electrons. The van der Waals surface area contributed by atoms with Crippen molar-refractivity contribution in [2.24, 2.45) is 0 Å². The zero-order valence-corrected chi connectivity index (χ0v) is 11.8. The van der Waals surface area contributed by atoms with Gasteiger partial charge >= 0.3 is 5.97 Å². The molecule has 0 spiro atoms. The SMILES string of the molecule is COC(=O)c1[nH]c2ccccc2c1CN1CCCCC1. The van der Waals surface area contributed by atoms with Crippen LogP contribution in [-0.4, -0.2) is 36.1 Å². The van der Waals surface area contributed by atoms with E-state index in [1.165, 1.54) is 26.4 Å². The van der Waals surface area contributed by atoms with Crippen molar-refractivity contribution < 1.29 is 9.53 Å². The number of H-pyrrole nitrogens is 1. The summed E-state index contributed by atoms with van der Waals surface area (Å²) in [6.07, 6.45) is 3.81. The summed E-state index contributed by atoms with van der Waals surface area (Å²) in [5.41, 5.74) is 2.66. The molecule has 4 nitrogen and oxygen atoms in total. The number of benzene rings is 1. The van der Waals surface area contributed by atoms with Crippen molar-refractivity contribution in [1.29, 1.82) is 0 Å². The molecule has 106 valence electrons. The molecule has 0 bridgehead atoms. The van der Waals surface area contributed by atoms with E-state index in [0.29, 0.717) is 5.69 Å². The van der Waals surface area contributed by atoms with Crippen LogP contribution in [0.3, 0.4) is 0 Å². The highest BCUT2D eigenvalue weighted by Gasteiger charge is 2.21. The minimum absolute atomic E-state index is 0.284. The van der Waals surface area contributed by atoms with Crippen LogP contribution in [-0.2, 0) is 11.3 Å². The number of nitrogens with zero attached hydrogens (tertiary/aromatic N) is 1. The normalized spacial score (nSPS) is 16.4. The van der Waals surface area contributed by atoms with E-state index in [-0.39, 0.29) is 5.97 Å². The number of piperidine rings is 1. The number of ether oxygens (including phenoxy) is 1. The van der Waals surface area contributed by atoms with Gasteiger partial charge in [-0.15, -0.1) is 0 Å². The summed E-state index contributed by atoms with van der Waals surface area (Å²) in [6.45, 7) is 3.04. The van der Waals surface area contributed by atoms with E-state index < -0.39 is 0 Å². The Balaban J connectivity index is 1.99. The number of methoxy groups -OCH3 is 1. The van der Waals surface area contributed by atoms with E-state index in [1.54, 1.807) is 0 Å². The zero-order valence-electron chi connectivity index (χ0n) is 11.8. The van der Waals surface area contributed by atoms with Crippen LogP contribution in [0.15, 0.2) is 24.3 Å². The van der Waals surface area contributed by atoms with E-state index in [1.807, 2.05) is 18.2 Å². The number of hydrogen-bond acceptors (Lipinski definition) is 3. The van der Waals surface area contributed by atoms with Gasteiger partial charge in [0, 0.05) is 23.0 Å². The number of rotatable bonds is 3. The monoisotopic (exact) mass is 272 g/mol. The van der Waals surface area contributed by atoms with Gasteiger partial charge in [0.2, 0.25) is 0 Å². The maximum atomic E-state index is 12.0. The van der Waals surface area contributed by atoms with Crippen LogP contribution in [0, 0.1) is 0 Å². The first-order valence-corrected chi connectivity index (χ1v) is 7.20. The first-order valence-electron chi connectivity index (χ1n) is 7.20. The topological polar surface area (TPSA) is 45.3 Å². The van der Waals surface area contributed by atoms with Crippen LogP contribution < -0.4 is 0 Å². The molecule has 4 heteroatoms. The van der Waals surface area contributed by atoms with Gasteiger partial charge in [-0.3, -0.25) is 4.90 Å². The van der Waals surface area contributed by atoms with E-state index in [2.05, 4.69) is 16.0 Å². The van der Waals surface area contributed by atoms with Crippen molar-refractivity contribution in [1.82, 2.24) is 9.88 Å². The predicted molar refractivity (Wildman–Crippen MR) is 78.8 cm³/mol. The van der Waals surface area contributed by atoms with Gasteiger partial charge < -0.3 is 9.72 Å². The van der Waals surface area contributed by atoms with Crippen LogP contribution in [0.5, 0.6) is 0 Å². The van der Waals surface area contributed by atoms with E-state index in [9.17, 15) is 4.79 Å². The maximum Gasteiger partial charge on any atom is 0.354 e. The molecule has 1 N–H and O–H groups in total. The number of para-hydroxylation sites is 1. The second kappa shape index (κ2) is 5.67. The van der Waals surface area contributed by atoms with Gasteiger partial charge in [0.1, 0.15) is 5.69 Å². The standard InChI is InChI=1S/C16H20N2O2/c1-20-16(19)15-13(11-18-9-5-2-6-10-18)12-7-3-4-8-14(12)17-15/h3-4,7-8,17H,2,5-6,9-11H2,1H3. The second-order valence-electron chi connectivity index (χ2n) is 5.35. The van der Waals surface area contributed by atoms with Crippen molar-refractivity contribution in [2.45, 2.75) is 25.8 Å². The number of esters is 1. The molecular weight excluding hydrogens is 252 g/mol. The summed E-state index contributed by atoms with van der Waals surface area (Å²) in [6, 6.07) is 8.06. The van der Waals surface area contributed by atoms with Crippen LogP contribution >= 0.6 is 0 Å². The number of aromatic nitrogens is 1. The highest BCUT2D eigenvalue weighted by Crippen LogP contribution is 2.25. The van der Waals surface area contributed by atoms with Gasteiger partial charge in [0.05, 0.1) is 7.11 Å². The second-order valence-corrected chi connectivity index (χ2v) is 5.35. The van der Waals surface area contributed by atoms with Gasteiger partial charge in [0.15, 0.2) is 0 Å². The molecule has 1 aliphatic heterocycles. The third-order valence-corrected chi connectivity index (χ3v) is 4.03.